The van der Waals surface area contributed by atoms with Crippen molar-refractivity contribution in [2.75, 3.05) is 12.4 Å². The Morgan fingerprint density at radius 1 is 1.07 bits per heavy atom. The Morgan fingerprint density at radius 2 is 1.85 bits per heavy atom. The van der Waals surface area contributed by atoms with Crippen molar-refractivity contribution in [2.45, 2.75) is 13.5 Å². The number of hydrogen-bond donors (Lipinski definition) is 1. The van der Waals surface area contributed by atoms with E-state index in [1.807, 2.05) is 37.3 Å². The monoisotopic (exact) mass is 382 g/mol. The van der Waals surface area contributed by atoms with Crippen LogP contribution in [0.25, 0.3) is 0 Å². The van der Waals surface area contributed by atoms with Crippen molar-refractivity contribution >= 4 is 23.3 Å². The lowest BCUT2D eigenvalue weighted by molar-refractivity contribution is 0.102. The number of nitrogens with one attached hydrogen (secondary N) is 1. The summed E-state index contributed by atoms with van der Waals surface area (Å²) in [5.41, 5.74) is 2.46. The highest BCUT2D eigenvalue weighted by molar-refractivity contribution is 6.30. The molecule has 3 rings (SSSR count). The Hall–Kier alpha value is -3.05. The van der Waals surface area contributed by atoms with Crippen LogP contribution in [-0.4, -0.2) is 18.0 Å². The van der Waals surface area contributed by atoms with Gasteiger partial charge in [0.1, 0.15) is 12.4 Å². The summed E-state index contributed by atoms with van der Waals surface area (Å²) in [6, 6.07) is 16.1. The van der Waals surface area contributed by atoms with Gasteiger partial charge in [0.05, 0.1) is 7.11 Å². The van der Waals surface area contributed by atoms with Gasteiger partial charge in [0.2, 0.25) is 0 Å². The van der Waals surface area contributed by atoms with E-state index in [1.165, 1.54) is 7.11 Å². The lowest BCUT2D eigenvalue weighted by atomic mass is 10.2. The van der Waals surface area contributed by atoms with Crippen molar-refractivity contribution in [2.24, 2.45) is 0 Å². The number of benzene rings is 2. The smallest absolute Gasteiger partial charge is 0.256 e. The minimum absolute atomic E-state index is 0.270. The van der Waals surface area contributed by atoms with Gasteiger partial charge in [-0.2, -0.15) is 0 Å². The Labute approximate surface area is 162 Å². The number of pyridine rings is 1. The number of ether oxygens (including phenoxy) is 2. The quantitative estimate of drug-likeness (QED) is 0.659. The number of amides is 1. The fourth-order valence-electron chi connectivity index (χ4n) is 2.40. The van der Waals surface area contributed by atoms with Crippen LogP contribution in [0, 0.1) is 6.92 Å². The van der Waals surface area contributed by atoms with Gasteiger partial charge in [0.25, 0.3) is 5.91 Å². The van der Waals surface area contributed by atoms with E-state index >= 15 is 0 Å². The maximum atomic E-state index is 12.4. The van der Waals surface area contributed by atoms with E-state index < -0.39 is 0 Å². The molecule has 0 unspecified atom stereocenters. The Morgan fingerprint density at radius 3 is 2.52 bits per heavy atom. The van der Waals surface area contributed by atoms with Crippen LogP contribution in [0.5, 0.6) is 11.5 Å². The molecule has 0 bridgehead atoms. The van der Waals surface area contributed by atoms with Crippen molar-refractivity contribution in [1.29, 1.82) is 0 Å². The predicted octanol–water partition coefficient (Wildman–Crippen LogP) is 4.88. The van der Waals surface area contributed by atoms with Crippen LogP contribution in [0.2, 0.25) is 5.02 Å². The third-order valence-corrected chi connectivity index (χ3v) is 4.14. The summed E-state index contributed by atoms with van der Waals surface area (Å²) in [6.45, 7) is 2.30. The second kappa shape index (κ2) is 8.56. The number of carbonyl (C=O) groups excluding carboxylic acids is 1. The molecule has 2 aromatic carbocycles. The standard InChI is InChI=1S/C21H19ClN2O3/c1-14-3-10-20(23-12-14)24-21(25)16-6-9-18(19(11-16)26-2)27-13-15-4-7-17(22)8-5-15/h3-12H,13H2,1-2H3,(H,23,24,25). The first-order chi connectivity index (χ1) is 13.0. The molecule has 138 valence electrons. The number of anilines is 1. The fourth-order valence-corrected chi connectivity index (χ4v) is 2.53. The normalized spacial score (nSPS) is 10.3. The van der Waals surface area contributed by atoms with Gasteiger partial charge in [0.15, 0.2) is 11.5 Å². The van der Waals surface area contributed by atoms with Gasteiger partial charge in [-0.1, -0.05) is 29.8 Å². The summed E-state index contributed by atoms with van der Waals surface area (Å²) in [6.07, 6.45) is 1.70. The highest BCUT2D eigenvalue weighted by atomic mass is 35.5. The second-order valence-electron chi connectivity index (χ2n) is 5.96. The second-order valence-corrected chi connectivity index (χ2v) is 6.39. The molecule has 1 amide bonds. The number of aromatic nitrogens is 1. The van der Waals surface area contributed by atoms with Gasteiger partial charge < -0.3 is 14.8 Å². The Bertz CT molecular complexity index is 925. The molecule has 0 aliphatic heterocycles. The molecule has 3 aromatic rings. The molecule has 1 N–H and O–H groups in total. The van der Waals surface area contributed by atoms with Crippen LogP contribution < -0.4 is 14.8 Å². The van der Waals surface area contributed by atoms with Gasteiger partial charge in [-0.3, -0.25) is 4.79 Å². The van der Waals surface area contributed by atoms with Crippen LogP contribution in [0.3, 0.4) is 0 Å². The molecule has 0 atom stereocenters. The van der Waals surface area contributed by atoms with Crippen molar-refractivity contribution in [3.63, 3.8) is 0 Å². The topological polar surface area (TPSA) is 60.5 Å². The first-order valence-electron chi connectivity index (χ1n) is 8.34. The van der Waals surface area contributed by atoms with E-state index in [4.69, 9.17) is 21.1 Å². The van der Waals surface area contributed by atoms with Gasteiger partial charge in [-0.05, 0) is 54.4 Å². The molecule has 6 heteroatoms. The molecule has 0 saturated carbocycles. The van der Waals surface area contributed by atoms with E-state index in [0.717, 1.165) is 11.1 Å². The summed E-state index contributed by atoms with van der Waals surface area (Å²) < 4.78 is 11.2. The molecule has 0 spiro atoms. The van der Waals surface area contributed by atoms with Crippen LogP contribution >= 0.6 is 11.6 Å². The third-order valence-electron chi connectivity index (χ3n) is 3.89. The van der Waals surface area contributed by atoms with E-state index in [-0.39, 0.29) is 5.91 Å². The minimum atomic E-state index is -0.270. The van der Waals surface area contributed by atoms with Gasteiger partial charge in [0, 0.05) is 16.8 Å². The van der Waals surface area contributed by atoms with Crippen LogP contribution in [0.15, 0.2) is 60.8 Å². The van der Waals surface area contributed by atoms with Gasteiger partial charge in [-0.25, -0.2) is 4.98 Å². The molecule has 1 aromatic heterocycles. The lowest BCUT2D eigenvalue weighted by Gasteiger charge is -2.12. The average molecular weight is 383 g/mol. The Balaban J connectivity index is 1.70. The molecule has 1 heterocycles. The first-order valence-corrected chi connectivity index (χ1v) is 8.72. The summed E-state index contributed by atoms with van der Waals surface area (Å²) in [4.78, 5) is 16.6. The highest BCUT2D eigenvalue weighted by Gasteiger charge is 2.12. The first kappa shape index (κ1) is 18.7. The van der Waals surface area contributed by atoms with Crippen LogP contribution in [0.4, 0.5) is 5.82 Å². The van der Waals surface area contributed by atoms with E-state index in [1.54, 1.807) is 30.5 Å². The minimum Gasteiger partial charge on any atom is -0.493 e. The summed E-state index contributed by atoms with van der Waals surface area (Å²) in [5.74, 6) is 1.26. The number of carbonyl (C=O) groups is 1. The molecule has 5 nitrogen and oxygen atoms in total. The van der Waals surface area contributed by atoms with Crippen LogP contribution in [0.1, 0.15) is 21.5 Å². The molecular formula is C21H19ClN2O3. The van der Waals surface area contributed by atoms with Crippen molar-refractivity contribution in [3.8, 4) is 11.5 Å². The van der Waals surface area contributed by atoms with Crippen molar-refractivity contribution < 1.29 is 14.3 Å². The number of methoxy groups -OCH3 is 1. The van der Waals surface area contributed by atoms with Crippen LogP contribution in [-0.2, 0) is 6.61 Å². The largest absolute Gasteiger partial charge is 0.493 e. The maximum absolute atomic E-state index is 12.4. The molecule has 0 saturated heterocycles. The SMILES string of the molecule is COc1cc(C(=O)Nc2ccc(C)cn2)ccc1OCc1ccc(Cl)cc1. The predicted molar refractivity (Wildman–Crippen MR) is 106 cm³/mol. The summed E-state index contributed by atoms with van der Waals surface area (Å²) in [5, 5.41) is 3.44. The maximum Gasteiger partial charge on any atom is 0.256 e. The number of hydrogen-bond acceptors (Lipinski definition) is 4. The molecule has 0 aliphatic carbocycles. The molecule has 0 radical (unpaired) electrons. The number of nitrogens with zero attached hydrogens (tertiary/aromatic N) is 1. The van der Waals surface area contributed by atoms with E-state index in [9.17, 15) is 4.79 Å². The van der Waals surface area contributed by atoms with Gasteiger partial charge >= 0.3 is 0 Å². The fraction of sp³-hybridized carbons (Fsp3) is 0.143. The van der Waals surface area contributed by atoms with Crippen molar-refractivity contribution in [1.82, 2.24) is 4.98 Å². The van der Waals surface area contributed by atoms with Gasteiger partial charge in [-0.15, -0.1) is 0 Å². The highest BCUT2D eigenvalue weighted by Crippen LogP contribution is 2.29. The van der Waals surface area contributed by atoms with Crippen molar-refractivity contribution in [3.05, 3.63) is 82.5 Å². The number of aryl methyl sites for hydroxylation is 1. The molecule has 27 heavy (non-hydrogen) atoms. The van der Waals surface area contributed by atoms with E-state index in [2.05, 4.69) is 10.3 Å². The average Bonchev–Trinajstić information content (AvgIpc) is 2.69. The zero-order valence-electron chi connectivity index (χ0n) is 15.0. The zero-order chi connectivity index (χ0) is 19.2. The number of halogens is 1. The summed E-state index contributed by atoms with van der Waals surface area (Å²) in [7, 11) is 1.54. The number of rotatable bonds is 6. The third kappa shape index (κ3) is 4.99. The van der Waals surface area contributed by atoms with E-state index in [0.29, 0.717) is 34.5 Å². The molecular weight excluding hydrogens is 364 g/mol. The zero-order valence-corrected chi connectivity index (χ0v) is 15.8. The lowest BCUT2D eigenvalue weighted by Crippen LogP contribution is -2.13. The molecule has 0 fully saturated rings. The summed E-state index contributed by atoms with van der Waals surface area (Å²) >= 11 is 5.89. The molecule has 0 aliphatic rings. The Kier molecular flexibility index (Phi) is 5.94.